The van der Waals surface area contributed by atoms with Gasteiger partial charge in [0.25, 0.3) is 0 Å². The van der Waals surface area contributed by atoms with E-state index in [-0.39, 0.29) is 17.8 Å². The van der Waals surface area contributed by atoms with Gasteiger partial charge in [-0.1, -0.05) is 12.1 Å². The first-order chi connectivity index (χ1) is 7.47. The van der Waals surface area contributed by atoms with E-state index in [9.17, 15) is 4.79 Å². The Hall–Kier alpha value is -1.26. The number of amidine groups is 1. The first kappa shape index (κ1) is 12.8. The maximum Gasteiger partial charge on any atom is 0.233 e. The van der Waals surface area contributed by atoms with Crippen LogP contribution in [0.1, 0.15) is 33.6 Å². The minimum Gasteiger partial charge on any atom is -0.409 e. The summed E-state index contributed by atoms with van der Waals surface area (Å²) in [6, 6.07) is 0.241. The lowest BCUT2D eigenvalue weighted by molar-refractivity contribution is -0.136. The van der Waals surface area contributed by atoms with E-state index in [2.05, 4.69) is 12.1 Å². The Kier molecular flexibility index (Phi) is 4.15. The molecule has 3 unspecified atom stereocenters. The van der Waals surface area contributed by atoms with Crippen molar-refractivity contribution in [2.45, 2.75) is 39.7 Å². The minimum atomic E-state index is -0.541. The van der Waals surface area contributed by atoms with E-state index in [0.29, 0.717) is 5.92 Å². The van der Waals surface area contributed by atoms with Gasteiger partial charge in [-0.2, -0.15) is 0 Å². The number of hydrogen-bond donors (Lipinski definition) is 2. The quantitative estimate of drug-likeness (QED) is 0.320. The van der Waals surface area contributed by atoms with Crippen LogP contribution in [0, 0.1) is 11.8 Å². The van der Waals surface area contributed by atoms with Gasteiger partial charge in [-0.25, -0.2) is 0 Å². The van der Waals surface area contributed by atoms with Crippen molar-refractivity contribution in [1.82, 2.24) is 4.90 Å². The molecule has 1 heterocycles. The van der Waals surface area contributed by atoms with Gasteiger partial charge in [0.05, 0.1) is 5.92 Å². The molecule has 1 fully saturated rings. The molecule has 5 heteroatoms. The lowest BCUT2D eigenvalue weighted by Gasteiger charge is -2.37. The second kappa shape index (κ2) is 5.18. The number of nitrogens with zero attached hydrogens (tertiary/aromatic N) is 2. The lowest BCUT2D eigenvalue weighted by atomic mass is 9.92. The molecule has 1 aliphatic heterocycles. The number of piperidine rings is 1. The SMILES string of the molecule is CC1CCN(C(=O)C(C)C(N)=NO)C(C)C1. The van der Waals surface area contributed by atoms with Crippen molar-refractivity contribution in [1.29, 1.82) is 0 Å². The number of hydrogen-bond acceptors (Lipinski definition) is 3. The van der Waals surface area contributed by atoms with Gasteiger partial charge >= 0.3 is 0 Å². The molecule has 0 aromatic rings. The molecule has 0 saturated carbocycles. The maximum atomic E-state index is 12.1. The Balaban J connectivity index is 2.67. The highest BCUT2D eigenvalue weighted by molar-refractivity contribution is 6.01. The number of likely N-dealkylation sites (tertiary alicyclic amines) is 1. The van der Waals surface area contributed by atoms with Gasteiger partial charge in [-0.3, -0.25) is 4.79 Å². The monoisotopic (exact) mass is 227 g/mol. The van der Waals surface area contributed by atoms with E-state index in [1.807, 2.05) is 11.8 Å². The van der Waals surface area contributed by atoms with Crippen LogP contribution in [0.5, 0.6) is 0 Å². The minimum absolute atomic E-state index is 0.0178. The lowest BCUT2D eigenvalue weighted by Crippen LogP contribution is -2.48. The standard InChI is InChI=1S/C11H21N3O2/c1-7-4-5-14(8(2)6-7)11(15)9(3)10(12)13-16/h7-9,16H,4-6H2,1-3H3,(H2,12,13). The predicted octanol–water partition coefficient (Wildman–Crippen LogP) is 1.02. The molecule has 0 aliphatic carbocycles. The second-order valence-corrected chi connectivity index (χ2v) is 4.76. The summed E-state index contributed by atoms with van der Waals surface area (Å²) in [7, 11) is 0. The smallest absolute Gasteiger partial charge is 0.233 e. The molecule has 1 saturated heterocycles. The fourth-order valence-electron chi connectivity index (χ4n) is 2.20. The molecule has 1 amide bonds. The first-order valence-corrected chi connectivity index (χ1v) is 5.75. The second-order valence-electron chi connectivity index (χ2n) is 4.76. The Labute approximate surface area is 96.3 Å². The summed E-state index contributed by atoms with van der Waals surface area (Å²) in [6.45, 7) is 6.68. The van der Waals surface area contributed by atoms with Crippen molar-refractivity contribution >= 4 is 11.7 Å². The third-order valence-corrected chi connectivity index (χ3v) is 3.35. The molecule has 92 valence electrons. The highest BCUT2D eigenvalue weighted by Crippen LogP contribution is 2.23. The van der Waals surface area contributed by atoms with Crippen molar-refractivity contribution < 1.29 is 10.0 Å². The Morgan fingerprint density at radius 2 is 2.19 bits per heavy atom. The highest BCUT2D eigenvalue weighted by Gasteiger charge is 2.30. The third kappa shape index (κ3) is 2.65. The van der Waals surface area contributed by atoms with E-state index >= 15 is 0 Å². The summed E-state index contributed by atoms with van der Waals surface area (Å²) in [5.41, 5.74) is 5.45. The van der Waals surface area contributed by atoms with Crippen molar-refractivity contribution in [2.24, 2.45) is 22.7 Å². The predicted molar refractivity (Wildman–Crippen MR) is 62.1 cm³/mol. The number of rotatable bonds is 2. The Morgan fingerprint density at radius 3 is 2.69 bits per heavy atom. The van der Waals surface area contributed by atoms with E-state index < -0.39 is 5.92 Å². The van der Waals surface area contributed by atoms with Crippen molar-refractivity contribution in [3.05, 3.63) is 0 Å². The average Bonchev–Trinajstić information content (AvgIpc) is 2.26. The van der Waals surface area contributed by atoms with Crippen LogP contribution in [0.2, 0.25) is 0 Å². The van der Waals surface area contributed by atoms with Gasteiger partial charge in [0.15, 0.2) is 5.84 Å². The first-order valence-electron chi connectivity index (χ1n) is 5.75. The molecule has 0 bridgehead atoms. The molecule has 5 nitrogen and oxygen atoms in total. The normalized spacial score (nSPS) is 28.9. The van der Waals surface area contributed by atoms with Gasteiger partial charge in [0.2, 0.25) is 5.91 Å². The van der Waals surface area contributed by atoms with Gasteiger partial charge in [0.1, 0.15) is 0 Å². The molecular weight excluding hydrogens is 206 g/mol. The van der Waals surface area contributed by atoms with Crippen molar-refractivity contribution in [3.63, 3.8) is 0 Å². The van der Waals surface area contributed by atoms with Crippen LogP contribution in [0.3, 0.4) is 0 Å². The van der Waals surface area contributed by atoms with Crippen molar-refractivity contribution in [3.8, 4) is 0 Å². The molecule has 0 radical (unpaired) electrons. The van der Waals surface area contributed by atoms with Gasteiger partial charge in [0, 0.05) is 12.6 Å². The average molecular weight is 227 g/mol. The fourth-order valence-corrected chi connectivity index (χ4v) is 2.20. The number of carbonyl (C=O) groups is 1. The van der Waals surface area contributed by atoms with Crippen LogP contribution in [0.15, 0.2) is 5.16 Å². The van der Waals surface area contributed by atoms with E-state index in [1.54, 1.807) is 6.92 Å². The summed E-state index contributed by atoms with van der Waals surface area (Å²) >= 11 is 0. The summed E-state index contributed by atoms with van der Waals surface area (Å²) in [5, 5.41) is 11.4. The molecule has 3 atom stereocenters. The molecule has 3 N–H and O–H groups in total. The number of carbonyl (C=O) groups excluding carboxylic acids is 1. The molecule has 0 aromatic carbocycles. The van der Waals surface area contributed by atoms with Gasteiger partial charge in [-0.05, 0) is 32.6 Å². The van der Waals surface area contributed by atoms with Crippen LogP contribution in [-0.4, -0.2) is 34.4 Å². The number of oxime groups is 1. The molecule has 1 rings (SSSR count). The summed E-state index contributed by atoms with van der Waals surface area (Å²) in [5.74, 6) is 0.0598. The van der Waals surface area contributed by atoms with Crippen LogP contribution < -0.4 is 5.73 Å². The highest BCUT2D eigenvalue weighted by atomic mass is 16.4. The zero-order valence-corrected chi connectivity index (χ0v) is 10.2. The van der Waals surface area contributed by atoms with E-state index in [1.165, 1.54) is 0 Å². The van der Waals surface area contributed by atoms with E-state index in [0.717, 1.165) is 19.4 Å². The molecule has 0 spiro atoms. The fraction of sp³-hybridized carbons (Fsp3) is 0.818. The summed E-state index contributed by atoms with van der Waals surface area (Å²) in [6.07, 6.45) is 2.05. The molecule has 1 aliphatic rings. The number of amides is 1. The Bertz CT molecular complexity index is 291. The molecule has 16 heavy (non-hydrogen) atoms. The Morgan fingerprint density at radius 1 is 1.56 bits per heavy atom. The zero-order valence-electron chi connectivity index (χ0n) is 10.2. The van der Waals surface area contributed by atoms with Gasteiger partial charge in [-0.15, -0.1) is 0 Å². The van der Waals surface area contributed by atoms with Crippen LogP contribution in [-0.2, 0) is 4.79 Å². The summed E-state index contributed by atoms with van der Waals surface area (Å²) in [4.78, 5) is 13.9. The van der Waals surface area contributed by atoms with Gasteiger partial charge < -0.3 is 15.8 Å². The van der Waals surface area contributed by atoms with Crippen molar-refractivity contribution in [2.75, 3.05) is 6.54 Å². The zero-order chi connectivity index (χ0) is 12.3. The molecule has 0 aromatic heterocycles. The van der Waals surface area contributed by atoms with E-state index in [4.69, 9.17) is 10.9 Å². The number of nitrogens with two attached hydrogens (primary N) is 1. The van der Waals surface area contributed by atoms with Crippen LogP contribution in [0.4, 0.5) is 0 Å². The van der Waals surface area contributed by atoms with Crippen LogP contribution >= 0.6 is 0 Å². The largest absolute Gasteiger partial charge is 0.409 e. The van der Waals surface area contributed by atoms with Crippen LogP contribution in [0.25, 0.3) is 0 Å². The maximum absolute atomic E-state index is 12.1. The topological polar surface area (TPSA) is 78.9 Å². The third-order valence-electron chi connectivity index (χ3n) is 3.35. The molecular formula is C11H21N3O2. The summed E-state index contributed by atoms with van der Waals surface area (Å²) < 4.78 is 0.